The van der Waals surface area contributed by atoms with Crippen molar-refractivity contribution >= 4 is 5.78 Å². The Hall–Kier alpha value is -1.57. The molecule has 0 unspecified atom stereocenters. The first-order valence-electron chi connectivity index (χ1n) is 6.68. The summed E-state index contributed by atoms with van der Waals surface area (Å²) < 4.78 is 0. The van der Waals surface area contributed by atoms with E-state index in [4.69, 9.17) is 0 Å². The highest BCUT2D eigenvalue weighted by Crippen LogP contribution is 2.27. The molecule has 1 aromatic rings. The minimum absolute atomic E-state index is 0.0598. The summed E-state index contributed by atoms with van der Waals surface area (Å²) in [5.74, 6) is 0.199. The lowest BCUT2D eigenvalue weighted by molar-refractivity contribution is -0.116. The standard InChI is InChI=1S/C17H25NO/c1-13(19)11-15-9-7-8-10-16(15)12-18(6)14(2)17(3,4)5/h7-10H,2,11-12H2,1,3-6H3. The SMILES string of the molecule is C=C(N(C)Cc1ccccc1CC(C)=O)C(C)(C)C. The molecule has 0 bridgehead atoms. The molecule has 0 atom stereocenters. The largest absolute Gasteiger partial charge is 0.374 e. The summed E-state index contributed by atoms with van der Waals surface area (Å²) in [6, 6.07) is 8.13. The third-order valence-electron chi connectivity index (χ3n) is 3.29. The van der Waals surface area contributed by atoms with Gasteiger partial charge < -0.3 is 4.90 Å². The molecule has 0 aromatic heterocycles. The number of hydrogen-bond acceptors (Lipinski definition) is 2. The fraction of sp³-hybridized carbons (Fsp3) is 0.471. The van der Waals surface area contributed by atoms with E-state index in [0.717, 1.165) is 17.8 Å². The van der Waals surface area contributed by atoms with Gasteiger partial charge in [-0.2, -0.15) is 0 Å². The first kappa shape index (κ1) is 15.5. The molecule has 0 saturated carbocycles. The van der Waals surface area contributed by atoms with Gasteiger partial charge in [0.2, 0.25) is 0 Å². The summed E-state index contributed by atoms with van der Waals surface area (Å²) >= 11 is 0. The van der Waals surface area contributed by atoms with Crippen molar-refractivity contribution < 1.29 is 4.79 Å². The number of ketones is 1. The van der Waals surface area contributed by atoms with Crippen LogP contribution in [0.25, 0.3) is 0 Å². The van der Waals surface area contributed by atoms with Crippen molar-refractivity contribution in [1.82, 2.24) is 4.90 Å². The molecule has 2 nitrogen and oxygen atoms in total. The van der Waals surface area contributed by atoms with Crippen molar-refractivity contribution in [2.45, 2.75) is 40.7 Å². The zero-order valence-corrected chi connectivity index (χ0v) is 12.8. The van der Waals surface area contributed by atoms with Crippen LogP contribution in [-0.2, 0) is 17.8 Å². The van der Waals surface area contributed by atoms with Crippen molar-refractivity contribution in [3.63, 3.8) is 0 Å². The average Bonchev–Trinajstić information content (AvgIpc) is 2.28. The van der Waals surface area contributed by atoms with Crippen LogP contribution in [0.3, 0.4) is 0 Å². The fourth-order valence-corrected chi connectivity index (χ4v) is 2.08. The molecule has 0 fully saturated rings. The quantitative estimate of drug-likeness (QED) is 0.801. The number of carbonyl (C=O) groups excluding carboxylic acids is 1. The molecule has 0 heterocycles. The second-order valence-electron chi connectivity index (χ2n) is 6.20. The van der Waals surface area contributed by atoms with Gasteiger partial charge in [0, 0.05) is 31.1 Å². The van der Waals surface area contributed by atoms with E-state index < -0.39 is 0 Å². The summed E-state index contributed by atoms with van der Waals surface area (Å²) in [6.45, 7) is 13.1. The number of benzene rings is 1. The number of rotatable bonds is 5. The van der Waals surface area contributed by atoms with Crippen LogP contribution in [0.2, 0.25) is 0 Å². The summed E-state index contributed by atoms with van der Waals surface area (Å²) in [5, 5.41) is 0. The monoisotopic (exact) mass is 259 g/mol. The highest BCUT2D eigenvalue weighted by atomic mass is 16.1. The van der Waals surface area contributed by atoms with Crippen LogP contribution in [0.15, 0.2) is 36.5 Å². The van der Waals surface area contributed by atoms with Crippen molar-refractivity contribution in [2.24, 2.45) is 5.41 Å². The molecule has 0 spiro atoms. The molecule has 0 amide bonds. The zero-order chi connectivity index (χ0) is 14.6. The average molecular weight is 259 g/mol. The Morgan fingerprint density at radius 2 is 1.74 bits per heavy atom. The normalized spacial score (nSPS) is 11.2. The van der Waals surface area contributed by atoms with Crippen LogP contribution in [0.4, 0.5) is 0 Å². The lowest BCUT2D eigenvalue weighted by Crippen LogP contribution is -2.26. The molecule has 1 aromatic carbocycles. The maximum absolute atomic E-state index is 11.3. The molecule has 1 rings (SSSR count). The van der Waals surface area contributed by atoms with E-state index in [-0.39, 0.29) is 11.2 Å². The van der Waals surface area contributed by atoms with Crippen molar-refractivity contribution in [1.29, 1.82) is 0 Å². The first-order chi connectivity index (χ1) is 8.71. The molecule has 0 aliphatic carbocycles. The molecule has 2 heteroatoms. The van der Waals surface area contributed by atoms with Gasteiger partial charge in [0.1, 0.15) is 5.78 Å². The summed E-state index contributed by atoms with van der Waals surface area (Å²) in [4.78, 5) is 13.5. The van der Waals surface area contributed by atoms with Gasteiger partial charge in [-0.05, 0) is 18.1 Å². The van der Waals surface area contributed by atoms with Crippen LogP contribution in [-0.4, -0.2) is 17.7 Å². The van der Waals surface area contributed by atoms with Crippen LogP contribution in [0.1, 0.15) is 38.8 Å². The number of nitrogens with zero attached hydrogens (tertiary/aromatic N) is 1. The second kappa shape index (κ2) is 6.05. The molecular formula is C17H25NO. The van der Waals surface area contributed by atoms with Crippen molar-refractivity contribution in [3.05, 3.63) is 47.7 Å². The van der Waals surface area contributed by atoms with E-state index in [9.17, 15) is 4.79 Å². The predicted molar refractivity (Wildman–Crippen MR) is 80.9 cm³/mol. The minimum atomic E-state index is 0.0598. The van der Waals surface area contributed by atoms with E-state index >= 15 is 0 Å². The van der Waals surface area contributed by atoms with Gasteiger partial charge in [-0.25, -0.2) is 0 Å². The van der Waals surface area contributed by atoms with E-state index in [0.29, 0.717) is 6.42 Å². The first-order valence-corrected chi connectivity index (χ1v) is 6.68. The lowest BCUT2D eigenvalue weighted by atomic mass is 9.91. The van der Waals surface area contributed by atoms with Gasteiger partial charge in [0.15, 0.2) is 0 Å². The molecule has 19 heavy (non-hydrogen) atoms. The Balaban J connectivity index is 2.88. The summed E-state index contributed by atoms with van der Waals surface area (Å²) in [6.07, 6.45) is 0.506. The summed E-state index contributed by atoms with van der Waals surface area (Å²) in [7, 11) is 2.05. The predicted octanol–water partition coefficient (Wildman–Crippen LogP) is 3.81. The Morgan fingerprint density at radius 3 is 2.21 bits per heavy atom. The smallest absolute Gasteiger partial charge is 0.134 e. The molecular weight excluding hydrogens is 234 g/mol. The van der Waals surface area contributed by atoms with Gasteiger partial charge in [-0.15, -0.1) is 0 Å². The zero-order valence-electron chi connectivity index (χ0n) is 12.8. The van der Waals surface area contributed by atoms with E-state index in [1.54, 1.807) is 6.92 Å². The van der Waals surface area contributed by atoms with Gasteiger partial charge in [0.05, 0.1) is 0 Å². The van der Waals surface area contributed by atoms with Crippen LogP contribution < -0.4 is 0 Å². The molecule has 0 radical (unpaired) electrons. The number of carbonyl (C=O) groups is 1. The maximum Gasteiger partial charge on any atom is 0.134 e. The Morgan fingerprint density at radius 1 is 1.21 bits per heavy atom. The third kappa shape index (κ3) is 4.55. The fourth-order valence-electron chi connectivity index (χ4n) is 2.08. The summed E-state index contributed by atoms with van der Waals surface area (Å²) in [5.41, 5.74) is 3.48. The van der Waals surface area contributed by atoms with E-state index in [2.05, 4.69) is 45.4 Å². The molecule has 0 N–H and O–H groups in total. The highest BCUT2D eigenvalue weighted by Gasteiger charge is 2.19. The molecule has 0 saturated heterocycles. The van der Waals surface area contributed by atoms with Gasteiger partial charge in [-0.3, -0.25) is 4.79 Å². The van der Waals surface area contributed by atoms with Crippen LogP contribution >= 0.6 is 0 Å². The molecule has 104 valence electrons. The number of Topliss-reactive ketones (excluding diaryl/α,β-unsaturated/α-hetero) is 1. The Labute approximate surface area is 117 Å². The van der Waals surface area contributed by atoms with Crippen LogP contribution in [0, 0.1) is 5.41 Å². The highest BCUT2D eigenvalue weighted by molar-refractivity contribution is 5.78. The van der Waals surface area contributed by atoms with E-state index in [1.165, 1.54) is 5.56 Å². The van der Waals surface area contributed by atoms with E-state index in [1.807, 2.05) is 18.2 Å². The third-order valence-corrected chi connectivity index (χ3v) is 3.29. The number of allylic oxidation sites excluding steroid dienone is 1. The Bertz CT molecular complexity index is 468. The minimum Gasteiger partial charge on any atom is -0.374 e. The molecule has 0 aliphatic rings. The molecule has 0 aliphatic heterocycles. The maximum atomic E-state index is 11.3. The topological polar surface area (TPSA) is 20.3 Å². The van der Waals surface area contributed by atoms with Gasteiger partial charge in [-0.1, -0.05) is 51.6 Å². The second-order valence-corrected chi connectivity index (χ2v) is 6.20. The Kier molecular flexibility index (Phi) is 4.93. The van der Waals surface area contributed by atoms with Crippen molar-refractivity contribution in [2.75, 3.05) is 7.05 Å². The van der Waals surface area contributed by atoms with Gasteiger partial charge >= 0.3 is 0 Å². The lowest BCUT2D eigenvalue weighted by Gasteiger charge is -2.32. The van der Waals surface area contributed by atoms with Gasteiger partial charge in [0.25, 0.3) is 0 Å². The van der Waals surface area contributed by atoms with Crippen LogP contribution in [0.5, 0.6) is 0 Å². The number of hydrogen-bond donors (Lipinski definition) is 0. The van der Waals surface area contributed by atoms with Crippen molar-refractivity contribution in [3.8, 4) is 0 Å².